The van der Waals surface area contributed by atoms with Crippen LogP contribution in [0.4, 0.5) is 0 Å². The van der Waals surface area contributed by atoms with E-state index in [4.69, 9.17) is 4.74 Å². The summed E-state index contributed by atoms with van der Waals surface area (Å²) in [5, 5.41) is 4.89. The minimum Gasteiger partial charge on any atom is -0.465 e. The van der Waals surface area contributed by atoms with Gasteiger partial charge in [0, 0.05) is 6.20 Å². The molecule has 2 heterocycles. The summed E-state index contributed by atoms with van der Waals surface area (Å²) in [5.41, 5.74) is 4.51. The predicted molar refractivity (Wildman–Crippen MR) is 84.9 cm³/mol. The second-order valence-corrected chi connectivity index (χ2v) is 5.36. The van der Waals surface area contributed by atoms with Crippen LogP contribution >= 0.6 is 0 Å². The number of fused-ring (bicyclic) bond motifs is 1. The molecule has 0 aliphatic carbocycles. The van der Waals surface area contributed by atoms with Crippen LogP contribution in [0.5, 0.6) is 6.01 Å². The zero-order valence-corrected chi connectivity index (χ0v) is 13.1. The Bertz CT molecular complexity index is 885. The van der Waals surface area contributed by atoms with Gasteiger partial charge in [-0.2, -0.15) is 4.98 Å². The second-order valence-electron chi connectivity index (χ2n) is 5.36. The molecule has 0 saturated carbocycles. The smallest absolute Gasteiger partial charge is 0.298 e. The molecule has 22 heavy (non-hydrogen) atoms. The monoisotopic (exact) mass is 298 g/mol. The summed E-state index contributed by atoms with van der Waals surface area (Å²) in [6.45, 7) is 8.40. The fraction of sp³-hybridized carbons (Fsp3) is 0.312. The Morgan fingerprint density at radius 2 is 1.91 bits per heavy atom. The maximum absolute atomic E-state index is 12.1. The Hall–Kier alpha value is -2.63. The van der Waals surface area contributed by atoms with Crippen LogP contribution in [0.1, 0.15) is 23.6 Å². The zero-order valence-electron chi connectivity index (χ0n) is 13.1. The van der Waals surface area contributed by atoms with E-state index in [1.807, 2.05) is 20.8 Å². The van der Waals surface area contributed by atoms with Crippen molar-refractivity contribution >= 4 is 11.0 Å². The van der Waals surface area contributed by atoms with Gasteiger partial charge in [0.25, 0.3) is 11.6 Å². The number of aromatic nitrogens is 4. The molecular formula is C16H18N4O2. The van der Waals surface area contributed by atoms with Crippen LogP contribution in [0, 0.1) is 20.8 Å². The molecule has 0 saturated heterocycles. The normalized spacial score (nSPS) is 11.1. The highest BCUT2D eigenvalue weighted by molar-refractivity contribution is 5.74. The van der Waals surface area contributed by atoms with E-state index >= 15 is 0 Å². The highest BCUT2D eigenvalue weighted by atomic mass is 16.5. The van der Waals surface area contributed by atoms with E-state index in [2.05, 4.69) is 34.1 Å². The van der Waals surface area contributed by atoms with Crippen LogP contribution < -0.4 is 10.3 Å². The Morgan fingerprint density at radius 1 is 1.23 bits per heavy atom. The van der Waals surface area contributed by atoms with Gasteiger partial charge in [-0.25, -0.2) is 4.68 Å². The first kappa shape index (κ1) is 14.3. The van der Waals surface area contributed by atoms with Gasteiger partial charge in [0.2, 0.25) is 0 Å². The van der Waals surface area contributed by atoms with Gasteiger partial charge in [-0.15, -0.1) is 5.10 Å². The molecule has 1 aromatic carbocycles. The van der Waals surface area contributed by atoms with Crippen molar-refractivity contribution in [1.82, 2.24) is 19.7 Å². The maximum Gasteiger partial charge on any atom is 0.298 e. The van der Waals surface area contributed by atoms with E-state index in [0.29, 0.717) is 17.6 Å². The van der Waals surface area contributed by atoms with E-state index < -0.39 is 0 Å². The number of hydrogen-bond donors (Lipinski definition) is 1. The summed E-state index contributed by atoms with van der Waals surface area (Å²) in [6, 6.07) is 4.39. The molecule has 1 N–H and O–H groups in total. The Morgan fingerprint density at radius 3 is 2.55 bits per heavy atom. The molecule has 0 aliphatic rings. The predicted octanol–water partition coefficient (Wildman–Crippen LogP) is 2.43. The SMILES string of the molecule is CCOc1nc2nn(-c3c(C)cc(C)cc3C)cc2c(=O)[nH]1. The van der Waals surface area contributed by atoms with Crippen LogP contribution in [-0.2, 0) is 0 Å². The highest BCUT2D eigenvalue weighted by Gasteiger charge is 2.13. The molecule has 0 radical (unpaired) electrons. The first-order valence-corrected chi connectivity index (χ1v) is 7.20. The van der Waals surface area contributed by atoms with Gasteiger partial charge in [0.1, 0.15) is 5.39 Å². The number of aromatic amines is 1. The van der Waals surface area contributed by atoms with E-state index in [9.17, 15) is 4.79 Å². The lowest BCUT2D eigenvalue weighted by Crippen LogP contribution is -2.09. The molecule has 6 nitrogen and oxygen atoms in total. The number of hydrogen-bond acceptors (Lipinski definition) is 4. The third-order valence-corrected chi connectivity index (χ3v) is 3.51. The van der Waals surface area contributed by atoms with Crippen molar-refractivity contribution in [3.05, 3.63) is 45.4 Å². The molecule has 0 aliphatic heterocycles. The second kappa shape index (κ2) is 5.29. The standard InChI is InChI=1S/C16H18N4O2/c1-5-22-16-17-14-12(15(21)18-16)8-20(19-14)13-10(3)6-9(2)7-11(13)4/h6-8H,5H2,1-4H3,(H,17,18,19,21). The van der Waals surface area contributed by atoms with Crippen LogP contribution in [-0.4, -0.2) is 26.4 Å². The van der Waals surface area contributed by atoms with Crippen LogP contribution in [0.15, 0.2) is 23.1 Å². The lowest BCUT2D eigenvalue weighted by molar-refractivity contribution is 0.313. The summed E-state index contributed by atoms with van der Waals surface area (Å²) >= 11 is 0. The van der Waals surface area contributed by atoms with Gasteiger partial charge in [-0.3, -0.25) is 9.78 Å². The summed E-state index contributed by atoms with van der Waals surface area (Å²) in [5.74, 6) is 0. The van der Waals surface area contributed by atoms with E-state index in [0.717, 1.165) is 16.8 Å². The molecule has 0 amide bonds. The molecular weight excluding hydrogens is 280 g/mol. The molecule has 0 fully saturated rings. The molecule has 3 rings (SSSR count). The minimum absolute atomic E-state index is 0.197. The topological polar surface area (TPSA) is 72.8 Å². The molecule has 0 atom stereocenters. The van der Waals surface area contributed by atoms with Gasteiger partial charge in [-0.05, 0) is 38.8 Å². The van der Waals surface area contributed by atoms with Gasteiger partial charge in [0.05, 0.1) is 12.3 Å². The third-order valence-electron chi connectivity index (χ3n) is 3.51. The fourth-order valence-corrected chi connectivity index (χ4v) is 2.75. The van der Waals surface area contributed by atoms with Crippen molar-refractivity contribution in [1.29, 1.82) is 0 Å². The summed E-state index contributed by atoms with van der Waals surface area (Å²) in [6.07, 6.45) is 1.71. The molecule has 114 valence electrons. The quantitative estimate of drug-likeness (QED) is 0.806. The van der Waals surface area contributed by atoms with Crippen LogP contribution in [0.3, 0.4) is 0 Å². The van der Waals surface area contributed by atoms with Crippen molar-refractivity contribution in [2.24, 2.45) is 0 Å². The fourth-order valence-electron chi connectivity index (χ4n) is 2.75. The van der Waals surface area contributed by atoms with Gasteiger partial charge in [0.15, 0.2) is 5.65 Å². The maximum atomic E-state index is 12.1. The number of rotatable bonds is 3. The molecule has 2 aromatic heterocycles. The van der Waals surface area contributed by atoms with Gasteiger partial charge >= 0.3 is 0 Å². The number of nitrogens with zero attached hydrogens (tertiary/aromatic N) is 3. The van der Waals surface area contributed by atoms with E-state index in [1.54, 1.807) is 10.9 Å². The van der Waals surface area contributed by atoms with Crippen molar-refractivity contribution in [2.75, 3.05) is 6.61 Å². The average molecular weight is 298 g/mol. The van der Waals surface area contributed by atoms with Crippen molar-refractivity contribution in [2.45, 2.75) is 27.7 Å². The lowest BCUT2D eigenvalue weighted by atomic mass is 10.1. The Kier molecular flexibility index (Phi) is 3.44. The molecule has 6 heteroatoms. The van der Waals surface area contributed by atoms with Gasteiger partial charge in [-0.1, -0.05) is 17.7 Å². The number of H-pyrrole nitrogens is 1. The number of benzene rings is 1. The number of nitrogens with one attached hydrogen (secondary N) is 1. The number of ether oxygens (including phenoxy) is 1. The first-order valence-electron chi connectivity index (χ1n) is 7.20. The van der Waals surface area contributed by atoms with Gasteiger partial charge < -0.3 is 4.74 Å². The zero-order chi connectivity index (χ0) is 15.9. The first-order chi connectivity index (χ1) is 10.5. The molecule has 3 aromatic rings. The third kappa shape index (κ3) is 2.36. The largest absolute Gasteiger partial charge is 0.465 e. The van der Waals surface area contributed by atoms with Crippen molar-refractivity contribution < 1.29 is 4.74 Å². The summed E-state index contributed by atoms with van der Waals surface area (Å²) in [7, 11) is 0. The molecule has 0 spiro atoms. The summed E-state index contributed by atoms with van der Waals surface area (Å²) in [4.78, 5) is 19.0. The van der Waals surface area contributed by atoms with Crippen LogP contribution in [0.25, 0.3) is 16.7 Å². The summed E-state index contributed by atoms with van der Waals surface area (Å²) < 4.78 is 6.97. The minimum atomic E-state index is -0.248. The Balaban J connectivity index is 2.21. The van der Waals surface area contributed by atoms with Crippen molar-refractivity contribution in [3.8, 4) is 11.7 Å². The number of aryl methyl sites for hydroxylation is 3. The Labute approximate surface area is 127 Å². The molecule has 0 unspecified atom stereocenters. The lowest BCUT2D eigenvalue weighted by Gasteiger charge is -2.10. The van der Waals surface area contributed by atoms with Crippen molar-refractivity contribution in [3.63, 3.8) is 0 Å². The van der Waals surface area contributed by atoms with E-state index in [1.165, 1.54) is 5.56 Å². The van der Waals surface area contributed by atoms with E-state index in [-0.39, 0.29) is 11.6 Å². The van der Waals surface area contributed by atoms with Crippen LogP contribution in [0.2, 0.25) is 0 Å². The average Bonchev–Trinajstić information content (AvgIpc) is 2.82. The molecule has 0 bridgehead atoms. The highest BCUT2D eigenvalue weighted by Crippen LogP contribution is 2.21.